The number of carbonyl (C=O) groups excluding carboxylic acids is 2. The van der Waals surface area contributed by atoms with Crippen molar-refractivity contribution in [3.63, 3.8) is 0 Å². The van der Waals surface area contributed by atoms with E-state index in [1.165, 1.54) is 22.3 Å². The number of hydrazone groups is 1. The minimum Gasteiger partial charge on any atom is -0.312 e. The van der Waals surface area contributed by atoms with Crippen molar-refractivity contribution in [3.8, 4) is 0 Å². The topological polar surface area (TPSA) is 61.8 Å². The number of thioether (sulfide) groups is 1. The van der Waals surface area contributed by atoms with Gasteiger partial charge in [0.15, 0.2) is 0 Å². The Morgan fingerprint density at radius 1 is 1.17 bits per heavy atom. The van der Waals surface area contributed by atoms with Gasteiger partial charge in [0.2, 0.25) is 5.91 Å². The lowest BCUT2D eigenvalue weighted by molar-refractivity contribution is -0.117. The van der Waals surface area contributed by atoms with Crippen LogP contribution >= 0.6 is 11.8 Å². The summed E-state index contributed by atoms with van der Waals surface area (Å²) in [6.07, 6.45) is 0.107. The van der Waals surface area contributed by atoms with Crippen LogP contribution in [-0.2, 0) is 9.59 Å². The summed E-state index contributed by atoms with van der Waals surface area (Å²) in [5.74, 6) is 0.352. The molecule has 24 heavy (non-hydrogen) atoms. The van der Waals surface area contributed by atoms with E-state index in [2.05, 4.69) is 10.4 Å². The maximum Gasteiger partial charge on any atom is 0.255 e. The van der Waals surface area contributed by atoms with Gasteiger partial charge in [0, 0.05) is 4.90 Å². The predicted octanol–water partition coefficient (Wildman–Crippen LogP) is 2.95. The quantitative estimate of drug-likeness (QED) is 0.871. The molecule has 0 fully saturated rings. The average molecular weight is 339 g/mol. The Morgan fingerprint density at radius 2 is 1.88 bits per heavy atom. The number of aryl methyl sites for hydroxylation is 1. The van der Waals surface area contributed by atoms with Crippen molar-refractivity contribution < 1.29 is 9.59 Å². The predicted molar refractivity (Wildman–Crippen MR) is 96.0 cm³/mol. The highest BCUT2D eigenvalue weighted by atomic mass is 32.2. The van der Waals surface area contributed by atoms with Gasteiger partial charge in [-0.25, -0.2) is 0 Å². The molecule has 0 radical (unpaired) electrons. The highest BCUT2D eigenvalue weighted by Gasteiger charge is 2.26. The largest absolute Gasteiger partial charge is 0.312 e. The second-order valence-electron chi connectivity index (χ2n) is 5.41. The summed E-state index contributed by atoms with van der Waals surface area (Å²) in [4.78, 5) is 25.1. The van der Waals surface area contributed by atoms with Crippen LogP contribution in [0.1, 0.15) is 12.0 Å². The first-order valence-electron chi connectivity index (χ1n) is 7.56. The molecule has 0 atom stereocenters. The van der Waals surface area contributed by atoms with Gasteiger partial charge in [-0.3, -0.25) is 9.59 Å². The Balaban J connectivity index is 1.56. The molecule has 2 amide bonds. The van der Waals surface area contributed by atoms with Gasteiger partial charge in [-0.1, -0.05) is 35.9 Å². The van der Waals surface area contributed by atoms with Crippen LogP contribution in [0, 0.1) is 6.92 Å². The molecule has 3 rings (SSSR count). The molecule has 0 unspecified atom stereocenters. The number of amides is 2. The molecular formula is C18H17N3O2S. The maximum atomic E-state index is 12.0. The second kappa shape index (κ2) is 7.31. The van der Waals surface area contributed by atoms with E-state index >= 15 is 0 Å². The number of nitrogens with one attached hydrogen (secondary N) is 1. The number of hydrogen-bond acceptors (Lipinski definition) is 4. The number of benzene rings is 2. The lowest BCUT2D eigenvalue weighted by atomic mass is 10.2. The molecular weight excluding hydrogens is 322 g/mol. The molecule has 0 saturated carbocycles. The van der Waals surface area contributed by atoms with Gasteiger partial charge >= 0.3 is 0 Å². The van der Waals surface area contributed by atoms with E-state index in [0.717, 1.165) is 4.90 Å². The van der Waals surface area contributed by atoms with Gasteiger partial charge in [-0.2, -0.15) is 10.1 Å². The molecule has 0 aliphatic carbocycles. The van der Waals surface area contributed by atoms with Crippen LogP contribution in [-0.4, -0.2) is 23.4 Å². The van der Waals surface area contributed by atoms with Crippen LogP contribution in [0.3, 0.4) is 0 Å². The molecule has 1 aliphatic rings. The summed E-state index contributed by atoms with van der Waals surface area (Å²) in [7, 11) is 0. The summed E-state index contributed by atoms with van der Waals surface area (Å²) in [5, 5.41) is 8.25. The van der Waals surface area contributed by atoms with Crippen LogP contribution in [0.15, 0.2) is 64.6 Å². The summed E-state index contributed by atoms with van der Waals surface area (Å²) >= 11 is 1.45. The van der Waals surface area contributed by atoms with Crippen LogP contribution < -0.4 is 10.3 Å². The first kappa shape index (κ1) is 16.3. The van der Waals surface area contributed by atoms with E-state index < -0.39 is 0 Å². The van der Waals surface area contributed by atoms with E-state index in [1.54, 1.807) is 12.1 Å². The summed E-state index contributed by atoms with van der Waals surface area (Å²) in [5.41, 5.74) is 1.88. The fourth-order valence-electron chi connectivity index (χ4n) is 2.25. The van der Waals surface area contributed by atoms with Gasteiger partial charge in [-0.15, -0.1) is 11.8 Å². The first-order valence-corrected chi connectivity index (χ1v) is 8.55. The van der Waals surface area contributed by atoms with Crippen LogP contribution in [0.2, 0.25) is 0 Å². The van der Waals surface area contributed by atoms with Gasteiger partial charge in [0.05, 0.1) is 17.9 Å². The van der Waals surface area contributed by atoms with Crippen molar-refractivity contribution in [2.24, 2.45) is 5.10 Å². The molecule has 5 nitrogen and oxygen atoms in total. The zero-order valence-corrected chi connectivity index (χ0v) is 14.0. The maximum absolute atomic E-state index is 12.0. The standard InChI is InChI=1S/C18H17N3O2S/c1-13-7-9-15(10-8-13)24-12-17(22)19-16-11-18(23)21(20-16)14-5-3-2-4-6-14/h2-10H,11-12H2,1H3,(H,19,20,22). The van der Waals surface area contributed by atoms with Gasteiger partial charge in [0.25, 0.3) is 5.91 Å². The van der Waals surface area contributed by atoms with Crippen molar-refractivity contribution in [2.75, 3.05) is 10.8 Å². The molecule has 0 spiro atoms. The number of carbonyl (C=O) groups is 2. The monoisotopic (exact) mass is 339 g/mol. The summed E-state index contributed by atoms with van der Waals surface area (Å²) in [6.45, 7) is 2.02. The van der Waals surface area contributed by atoms with Crippen molar-refractivity contribution in [3.05, 3.63) is 60.2 Å². The number of para-hydroxylation sites is 1. The van der Waals surface area contributed by atoms with Crippen LogP contribution in [0.5, 0.6) is 0 Å². The summed E-state index contributed by atoms with van der Waals surface area (Å²) < 4.78 is 0. The molecule has 1 aliphatic heterocycles. The smallest absolute Gasteiger partial charge is 0.255 e. The lowest BCUT2D eigenvalue weighted by Crippen LogP contribution is -2.31. The van der Waals surface area contributed by atoms with Crippen molar-refractivity contribution in [1.29, 1.82) is 0 Å². The Labute approximate surface area is 144 Å². The molecule has 0 bridgehead atoms. The molecule has 122 valence electrons. The highest BCUT2D eigenvalue weighted by molar-refractivity contribution is 8.00. The minimum absolute atomic E-state index is 0.107. The number of nitrogens with zero attached hydrogens (tertiary/aromatic N) is 2. The normalized spacial score (nSPS) is 13.8. The Kier molecular flexibility index (Phi) is 4.96. The third kappa shape index (κ3) is 4.02. The average Bonchev–Trinajstić information content (AvgIpc) is 2.95. The van der Waals surface area contributed by atoms with Crippen LogP contribution in [0.25, 0.3) is 0 Å². The molecule has 0 saturated heterocycles. The first-order chi connectivity index (χ1) is 11.6. The number of amidine groups is 1. The second-order valence-corrected chi connectivity index (χ2v) is 6.46. The SMILES string of the molecule is Cc1ccc(SCC(=O)NC2=NN(c3ccccc3)C(=O)C2)cc1. The summed E-state index contributed by atoms with van der Waals surface area (Å²) in [6, 6.07) is 17.2. The third-order valence-electron chi connectivity index (χ3n) is 3.45. The minimum atomic E-state index is -0.165. The zero-order valence-electron chi connectivity index (χ0n) is 13.2. The number of rotatable bonds is 4. The van der Waals surface area contributed by atoms with Gasteiger partial charge < -0.3 is 5.32 Å². The Morgan fingerprint density at radius 3 is 2.58 bits per heavy atom. The van der Waals surface area contributed by atoms with E-state index in [4.69, 9.17) is 0 Å². The molecule has 1 N–H and O–H groups in total. The van der Waals surface area contributed by atoms with Crippen LogP contribution in [0.4, 0.5) is 5.69 Å². The Bertz CT molecular complexity index is 773. The van der Waals surface area contributed by atoms with Crippen molar-refractivity contribution in [1.82, 2.24) is 5.32 Å². The highest BCUT2D eigenvalue weighted by Crippen LogP contribution is 2.20. The van der Waals surface area contributed by atoms with Crippen molar-refractivity contribution >= 4 is 35.1 Å². The Hall–Kier alpha value is -2.60. The molecule has 0 aromatic heterocycles. The van der Waals surface area contributed by atoms with Gasteiger partial charge in [0.1, 0.15) is 5.84 Å². The lowest BCUT2D eigenvalue weighted by Gasteiger charge is -2.10. The van der Waals surface area contributed by atoms with E-state index in [9.17, 15) is 9.59 Å². The number of anilines is 1. The van der Waals surface area contributed by atoms with Crippen molar-refractivity contribution in [2.45, 2.75) is 18.2 Å². The molecule has 1 heterocycles. The zero-order chi connectivity index (χ0) is 16.9. The van der Waals surface area contributed by atoms with E-state index in [1.807, 2.05) is 49.4 Å². The third-order valence-corrected chi connectivity index (χ3v) is 4.46. The molecule has 6 heteroatoms. The molecule has 2 aromatic carbocycles. The van der Waals surface area contributed by atoms with E-state index in [-0.39, 0.29) is 24.0 Å². The van der Waals surface area contributed by atoms with E-state index in [0.29, 0.717) is 11.5 Å². The fraction of sp³-hybridized carbons (Fsp3) is 0.167. The fourth-order valence-corrected chi connectivity index (χ4v) is 2.95. The number of hydrogen-bond donors (Lipinski definition) is 1. The molecule has 2 aromatic rings. The van der Waals surface area contributed by atoms with Gasteiger partial charge in [-0.05, 0) is 31.2 Å².